The molecule has 0 radical (unpaired) electrons. The summed E-state index contributed by atoms with van der Waals surface area (Å²) in [4.78, 5) is 31.0. The zero-order valence-corrected chi connectivity index (χ0v) is 25.1. The van der Waals surface area contributed by atoms with Crippen molar-refractivity contribution in [3.63, 3.8) is 0 Å². The number of ether oxygens (including phenoxy) is 2. The first-order chi connectivity index (χ1) is 19.0. The summed E-state index contributed by atoms with van der Waals surface area (Å²) < 4.78 is 17.4. The lowest BCUT2D eigenvalue weighted by molar-refractivity contribution is 0.0420. The Kier molecular flexibility index (Phi) is 11.2. The van der Waals surface area contributed by atoms with Gasteiger partial charge < -0.3 is 18.8 Å². The van der Waals surface area contributed by atoms with Crippen LogP contribution in [0.2, 0.25) is 0 Å². The molecule has 41 heavy (non-hydrogen) atoms. The Hall–Kier alpha value is -3.52. The van der Waals surface area contributed by atoms with Gasteiger partial charge in [-0.2, -0.15) is 0 Å². The SMILES string of the molecule is COc1ccccc1N1CCN(CC(C)COC(=O)c2cccc3c(=O)c(C)c(-c4ccccc4)oc23)CC1.Cl.Cl. The Labute approximate surface area is 252 Å². The average molecular weight is 600 g/mol. The molecule has 4 aromatic rings. The normalized spacial score (nSPS) is 14.1. The Morgan fingerprint density at radius 2 is 1.61 bits per heavy atom. The summed E-state index contributed by atoms with van der Waals surface area (Å²) >= 11 is 0. The van der Waals surface area contributed by atoms with Crippen LogP contribution in [0.1, 0.15) is 22.8 Å². The van der Waals surface area contributed by atoms with Gasteiger partial charge in [0.1, 0.15) is 17.1 Å². The van der Waals surface area contributed by atoms with Crippen molar-refractivity contribution in [1.82, 2.24) is 4.90 Å². The third-order valence-electron chi connectivity index (χ3n) is 7.27. The second kappa shape index (κ2) is 14.4. The largest absolute Gasteiger partial charge is 0.495 e. The van der Waals surface area contributed by atoms with Crippen LogP contribution >= 0.6 is 24.8 Å². The van der Waals surface area contributed by atoms with Gasteiger partial charge in [0.05, 0.1) is 24.8 Å². The highest BCUT2D eigenvalue weighted by Gasteiger charge is 2.23. The van der Waals surface area contributed by atoms with Gasteiger partial charge in [-0.3, -0.25) is 9.69 Å². The van der Waals surface area contributed by atoms with E-state index in [1.807, 2.05) is 48.5 Å². The maximum Gasteiger partial charge on any atom is 0.341 e. The smallest absolute Gasteiger partial charge is 0.341 e. The summed E-state index contributed by atoms with van der Waals surface area (Å²) in [6.07, 6.45) is 0. The molecule has 7 nitrogen and oxygen atoms in total. The first-order valence-electron chi connectivity index (χ1n) is 13.4. The van der Waals surface area contributed by atoms with Crippen molar-refractivity contribution in [2.75, 3.05) is 51.3 Å². The van der Waals surface area contributed by atoms with Gasteiger partial charge in [0.2, 0.25) is 0 Å². The van der Waals surface area contributed by atoms with Gasteiger partial charge in [0.25, 0.3) is 0 Å². The number of nitrogens with zero attached hydrogens (tertiary/aromatic N) is 2. The summed E-state index contributed by atoms with van der Waals surface area (Å²) in [5.74, 6) is 1.02. The summed E-state index contributed by atoms with van der Waals surface area (Å²) in [6.45, 7) is 8.60. The lowest BCUT2D eigenvalue weighted by atomic mass is 10.0. The zero-order chi connectivity index (χ0) is 27.4. The minimum Gasteiger partial charge on any atom is -0.495 e. The van der Waals surface area contributed by atoms with Crippen LogP contribution in [-0.2, 0) is 4.74 Å². The lowest BCUT2D eigenvalue weighted by Gasteiger charge is -2.37. The molecule has 5 rings (SSSR count). The molecule has 3 aromatic carbocycles. The van der Waals surface area contributed by atoms with Crippen LogP contribution in [0.3, 0.4) is 0 Å². The molecule has 0 N–H and O–H groups in total. The topological polar surface area (TPSA) is 72.2 Å². The van der Waals surface area contributed by atoms with Gasteiger partial charge in [-0.25, -0.2) is 4.79 Å². The number of carbonyl (C=O) groups is 1. The second-order valence-corrected chi connectivity index (χ2v) is 10.1. The summed E-state index contributed by atoms with van der Waals surface area (Å²) in [5, 5.41) is 0.377. The third kappa shape index (κ3) is 7.04. The first-order valence-corrected chi connectivity index (χ1v) is 13.4. The Morgan fingerprint density at radius 1 is 0.927 bits per heavy atom. The molecule has 218 valence electrons. The number of carbonyl (C=O) groups excluding carboxylic acids is 1. The number of esters is 1. The highest BCUT2D eigenvalue weighted by molar-refractivity contribution is 6.02. The van der Waals surface area contributed by atoms with Crippen LogP contribution in [0, 0.1) is 12.8 Å². The van der Waals surface area contributed by atoms with Crippen molar-refractivity contribution in [3.8, 4) is 17.1 Å². The van der Waals surface area contributed by atoms with E-state index in [-0.39, 0.29) is 53.9 Å². The van der Waals surface area contributed by atoms with E-state index >= 15 is 0 Å². The maximum absolute atomic E-state index is 13.1. The van der Waals surface area contributed by atoms with Crippen molar-refractivity contribution < 1.29 is 18.7 Å². The third-order valence-corrected chi connectivity index (χ3v) is 7.27. The fourth-order valence-electron chi connectivity index (χ4n) is 5.19. The van der Waals surface area contributed by atoms with Gasteiger partial charge >= 0.3 is 5.97 Å². The average Bonchev–Trinajstić information content (AvgIpc) is 2.98. The molecule has 1 aliphatic heterocycles. The highest BCUT2D eigenvalue weighted by Crippen LogP contribution is 2.29. The van der Waals surface area contributed by atoms with Crippen LogP contribution < -0.4 is 15.1 Å². The van der Waals surface area contributed by atoms with E-state index < -0.39 is 5.97 Å². The molecule has 1 aromatic heterocycles. The number of hydrogen-bond donors (Lipinski definition) is 0. The number of rotatable bonds is 8. The minimum atomic E-state index is -0.487. The minimum absolute atomic E-state index is 0. The predicted octanol–water partition coefficient (Wildman–Crippen LogP) is 6.24. The zero-order valence-electron chi connectivity index (χ0n) is 23.5. The van der Waals surface area contributed by atoms with E-state index in [0.717, 1.165) is 49.7 Å². The number of benzene rings is 3. The molecule has 1 atom stereocenters. The Morgan fingerprint density at radius 3 is 2.32 bits per heavy atom. The summed E-state index contributed by atoms with van der Waals surface area (Å²) in [7, 11) is 1.70. The van der Waals surface area contributed by atoms with E-state index in [9.17, 15) is 9.59 Å². The van der Waals surface area contributed by atoms with Crippen LogP contribution in [0.4, 0.5) is 5.69 Å². The molecular weight excluding hydrogens is 563 g/mol. The number of para-hydroxylation sites is 3. The van der Waals surface area contributed by atoms with Crippen molar-refractivity contribution in [3.05, 3.63) is 94.1 Å². The summed E-state index contributed by atoms with van der Waals surface area (Å²) in [6, 6.07) is 22.6. The van der Waals surface area contributed by atoms with Gasteiger partial charge in [0, 0.05) is 49.8 Å². The van der Waals surface area contributed by atoms with Gasteiger partial charge in [-0.15, -0.1) is 24.8 Å². The number of halogens is 2. The van der Waals surface area contributed by atoms with Crippen molar-refractivity contribution in [1.29, 1.82) is 0 Å². The van der Waals surface area contributed by atoms with Crippen molar-refractivity contribution in [2.45, 2.75) is 13.8 Å². The van der Waals surface area contributed by atoms with Gasteiger partial charge in [-0.05, 0) is 31.2 Å². The summed E-state index contributed by atoms with van der Waals surface area (Å²) in [5.41, 5.74) is 2.80. The molecule has 0 bridgehead atoms. The second-order valence-electron chi connectivity index (χ2n) is 10.1. The van der Waals surface area contributed by atoms with Gasteiger partial charge in [0.15, 0.2) is 11.0 Å². The maximum atomic E-state index is 13.1. The monoisotopic (exact) mass is 598 g/mol. The molecule has 1 saturated heterocycles. The fraction of sp³-hybridized carbons (Fsp3) is 0.312. The van der Waals surface area contributed by atoms with Crippen LogP contribution in [0.15, 0.2) is 82.0 Å². The number of anilines is 1. The molecule has 0 spiro atoms. The predicted molar refractivity (Wildman–Crippen MR) is 168 cm³/mol. The van der Waals surface area contributed by atoms with Crippen LogP contribution in [0.25, 0.3) is 22.3 Å². The Bertz CT molecular complexity index is 1520. The molecule has 0 amide bonds. The molecular formula is C32H36Cl2N2O5. The standard InChI is InChI=1S/C32H34N2O5.2ClH/c1-22(20-33-16-18-34(19-17-33)27-14-7-8-15-28(27)37-3)21-38-32(36)26-13-9-12-25-29(35)23(2)30(39-31(25)26)24-10-5-4-6-11-24;;/h4-15,22H,16-21H2,1-3H3;2*1H. The highest BCUT2D eigenvalue weighted by atomic mass is 35.5. The molecule has 9 heteroatoms. The molecule has 0 saturated carbocycles. The quantitative estimate of drug-likeness (QED) is 0.222. The number of piperazine rings is 1. The number of fused-ring (bicyclic) bond motifs is 1. The molecule has 1 fully saturated rings. The molecule has 2 heterocycles. The van der Waals surface area contributed by atoms with E-state index in [4.69, 9.17) is 13.9 Å². The van der Waals surface area contributed by atoms with E-state index in [0.29, 0.717) is 16.7 Å². The van der Waals surface area contributed by atoms with Crippen LogP contribution in [0.5, 0.6) is 5.75 Å². The molecule has 0 aliphatic carbocycles. The lowest BCUT2D eigenvalue weighted by Crippen LogP contribution is -2.48. The van der Waals surface area contributed by atoms with Crippen LogP contribution in [-0.4, -0.2) is 57.3 Å². The van der Waals surface area contributed by atoms with E-state index in [2.05, 4.69) is 22.8 Å². The Balaban J connectivity index is 0.00000231. The van der Waals surface area contributed by atoms with E-state index in [1.165, 1.54) is 0 Å². The molecule has 1 unspecified atom stereocenters. The first kappa shape index (κ1) is 32.0. The fourth-order valence-corrected chi connectivity index (χ4v) is 5.19. The van der Waals surface area contributed by atoms with Crippen molar-refractivity contribution in [2.24, 2.45) is 5.92 Å². The van der Waals surface area contributed by atoms with E-state index in [1.54, 1.807) is 32.2 Å². The van der Waals surface area contributed by atoms with Crippen molar-refractivity contribution >= 4 is 47.4 Å². The number of methoxy groups -OCH3 is 1. The molecule has 1 aliphatic rings. The number of hydrogen-bond acceptors (Lipinski definition) is 7. The van der Waals surface area contributed by atoms with Gasteiger partial charge in [-0.1, -0.05) is 55.5 Å².